The maximum atomic E-state index is 11.4. The fourth-order valence-electron chi connectivity index (χ4n) is 2.33. The minimum absolute atomic E-state index is 0.0229. The molecule has 0 saturated heterocycles. The average molecular weight is 387 g/mol. The number of aryl methyl sites for hydroxylation is 1. The Kier molecular flexibility index (Phi) is 5.40. The van der Waals surface area contributed by atoms with Crippen LogP contribution in [0, 0.1) is 6.92 Å². The molecular weight excluding hydrogens is 371 g/mol. The van der Waals surface area contributed by atoms with Gasteiger partial charge in [-0.25, -0.2) is 4.98 Å². The lowest BCUT2D eigenvalue weighted by atomic mass is 10.1. The van der Waals surface area contributed by atoms with Gasteiger partial charge in [0.2, 0.25) is 5.95 Å². The van der Waals surface area contributed by atoms with Gasteiger partial charge < -0.3 is 10.6 Å². The van der Waals surface area contributed by atoms with Crippen molar-refractivity contribution in [3.05, 3.63) is 69.8 Å². The van der Waals surface area contributed by atoms with E-state index in [4.69, 9.17) is 23.2 Å². The molecule has 26 heavy (non-hydrogen) atoms. The molecule has 0 atom stereocenters. The summed E-state index contributed by atoms with van der Waals surface area (Å²) in [5, 5.41) is 7.37. The van der Waals surface area contributed by atoms with E-state index < -0.39 is 0 Å². The van der Waals surface area contributed by atoms with E-state index in [0.717, 1.165) is 11.4 Å². The second-order valence-electron chi connectivity index (χ2n) is 5.73. The second-order valence-corrected chi connectivity index (χ2v) is 6.57. The lowest BCUT2D eigenvalue weighted by molar-refractivity contribution is 0.101. The number of ketones is 1. The van der Waals surface area contributed by atoms with E-state index in [2.05, 4.69) is 20.6 Å². The monoisotopic (exact) mass is 386 g/mol. The van der Waals surface area contributed by atoms with Gasteiger partial charge in [0, 0.05) is 28.0 Å². The number of carbonyl (C=O) groups is 1. The molecule has 2 N–H and O–H groups in total. The molecule has 0 spiro atoms. The fourth-order valence-corrected chi connectivity index (χ4v) is 2.79. The number of halogens is 2. The quantitative estimate of drug-likeness (QED) is 0.543. The van der Waals surface area contributed by atoms with Crippen LogP contribution in [-0.4, -0.2) is 15.8 Å². The smallest absolute Gasteiger partial charge is 0.229 e. The molecule has 0 radical (unpaired) electrons. The van der Waals surface area contributed by atoms with Crippen LogP contribution in [0.4, 0.5) is 23.1 Å². The number of nitrogens with zero attached hydrogens (tertiary/aromatic N) is 2. The fraction of sp³-hybridized carbons (Fsp3) is 0.105. The summed E-state index contributed by atoms with van der Waals surface area (Å²) < 4.78 is 0. The van der Waals surface area contributed by atoms with Crippen molar-refractivity contribution in [3.8, 4) is 0 Å². The third kappa shape index (κ3) is 4.50. The number of Topliss-reactive ketones (excluding diaryl/α,β-unsaturated/α-hetero) is 1. The Balaban J connectivity index is 1.82. The van der Waals surface area contributed by atoms with Crippen molar-refractivity contribution in [2.75, 3.05) is 10.6 Å². The molecule has 5 nitrogen and oxygen atoms in total. The van der Waals surface area contributed by atoms with Crippen LogP contribution >= 0.6 is 23.2 Å². The van der Waals surface area contributed by atoms with Crippen LogP contribution in [0.2, 0.25) is 10.0 Å². The Labute approximate surface area is 161 Å². The van der Waals surface area contributed by atoms with Gasteiger partial charge in [0.05, 0.1) is 10.7 Å². The molecule has 3 rings (SSSR count). The van der Waals surface area contributed by atoms with Gasteiger partial charge in [-0.05, 0) is 56.3 Å². The SMILES string of the molecule is CC(=O)c1ccc(Nc2nc(C)cc(Nc3ccc(Cl)cc3Cl)n2)cc1. The highest BCUT2D eigenvalue weighted by atomic mass is 35.5. The predicted molar refractivity (Wildman–Crippen MR) is 106 cm³/mol. The molecule has 0 saturated carbocycles. The van der Waals surface area contributed by atoms with Gasteiger partial charge in [-0.3, -0.25) is 4.79 Å². The predicted octanol–water partition coefficient (Wildman–Crippen LogP) is 5.78. The molecule has 1 heterocycles. The van der Waals surface area contributed by atoms with Crippen LogP contribution in [0.1, 0.15) is 23.0 Å². The molecule has 1 aromatic heterocycles. The lowest BCUT2D eigenvalue weighted by Gasteiger charge is -2.11. The first-order valence-electron chi connectivity index (χ1n) is 7.86. The summed E-state index contributed by atoms with van der Waals surface area (Å²) in [6, 6.07) is 14.1. The van der Waals surface area contributed by atoms with E-state index >= 15 is 0 Å². The molecular formula is C19H16Cl2N4O. The summed E-state index contributed by atoms with van der Waals surface area (Å²) in [7, 11) is 0. The molecule has 2 aromatic carbocycles. The molecule has 0 amide bonds. The van der Waals surface area contributed by atoms with Crippen molar-refractivity contribution in [1.29, 1.82) is 0 Å². The Bertz CT molecular complexity index is 958. The van der Waals surface area contributed by atoms with Gasteiger partial charge in [-0.15, -0.1) is 0 Å². The molecule has 7 heteroatoms. The highest BCUT2D eigenvalue weighted by Gasteiger charge is 2.07. The third-order valence-electron chi connectivity index (χ3n) is 3.60. The minimum atomic E-state index is 0.0229. The van der Waals surface area contributed by atoms with E-state index in [9.17, 15) is 4.79 Å². The third-order valence-corrected chi connectivity index (χ3v) is 4.14. The van der Waals surface area contributed by atoms with Crippen LogP contribution < -0.4 is 10.6 Å². The Hall–Kier alpha value is -2.63. The molecule has 0 aliphatic carbocycles. The Morgan fingerprint density at radius 3 is 2.35 bits per heavy atom. The average Bonchev–Trinajstić information content (AvgIpc) is 2.57. The normalized spacial score (nSPS) is 10.5. The zero-order chi connectivity index (χ0) is 18.7. The maximum Gasteiger partial charge on any atom is 0.229 e. The van der Waals surface area contributed by atoms with Gasteiger partial charge in [0.1, 0.15) is 5.82 Å². The largest absolute Gasteiger partial charge is 0.339 e. The number of hydrogen-bond acceptors (Lipinski definition) is 5. The van der Waals surface area contributed by atoms with E-state index in [1.54, 1.807) is 30.3 Å². The summed E-state index contributed by atoms with van der Waals surface area (Å²) in [6.45, 7) is 3.41. The standard InChI is InChI=1S/C19H16Cl2N4O/c1-11-9-18(24-17-8-5-14(20)10-16(17)21)25-19(22-11)23-15-6-3-13(4-7-15)12(2)26/h3-10H,1-2H3,(H2,22,23,24,25). The minimum Gasteiger partial charge on any atom is -0.339 e. The number of hydrogen-bond donors (Lipinski definition) is 2. The summed E-state index contributed by atoms with van der Waals surface area (Å²) in [4.78, 5) is 20.2. The molecule has 0 aliphatic heterocycles. The van der Waals surface area contributed by atoms with E-state index in [1.807, 2.05) is 25.1 Å². The Morgan fingerprint density at radius 2 is 1.69 bits per heavy atom. The van der Waals surface area contributed by atoms with Crippen LogP contribution in [0.5, 0.6) is 0 Å². The topological polar surface area (TPSA) is 66.9 Å². The summed E-state index contributed by atoms with van der Waals surface area (Å²) >= 11 is 12.1. The number of carbonyl (C=O) groups excluding carboxylic acids is 1. The number of aromatic nitrogens is 2. The highest BCUT2D eigenvalue weighted by molar-refractivity contribution is 6.36. The van der Waals surface area contributed by atoms with Crippen molar-refractivity contribution >= 4 is 52.1 Å². The number of benzene rings is 2. The van der Waals surface area contributed by atoms with Crippen molar-refractivity contribution in [1.82, 2.24) is 9.97 Å². The van der Waals surface area contributed by atoms with Crippen molar-refractivity contribution in [3.63, 3.8) is 0 Å². The molecule has 132 valence electrons. The first-order chi connectivity index (χ1) is 12.4. The first kappa shape index (κ1) is 18.2. The summed E-state index contributed by atoms with van der Waals surface area (Å²) in [5.74, 6) is 1.06. The van der Waals surface area contributed by atoms with Crippen molar-refractivity contribution < 1.29 is 4.79 Å². The first-order valence-corrected chi connectivity index (χ1v) is 8.62. The van der Waals surface area contributed by atoms with Gasteiger partial charge in [0.25, 0.3) is 0 Å². The number of nitrogens with one attached hydrogen (secondary N) is 2. The molecule has 0 unspecified atom stereocenters. The van der Waals surface area contributed by atoms with Gasteiger partial charge in [-0.2, -0.15) is 4.98 Å². The van der Waals surface area contributed by atoms with E-state index in [1.165, 1.54) is 6.92 Å². The van der Waals surface area contributed by atoms with Crippen molar-refractivity contribution in [2.24, 2.45) is 0 Å². The van der Waals surface area contributed by atoms with Crippen LogP contribution in [0.3, 0.4) is 0 Å². The Morgan fingerprint density at radius 1 is 0.962 bits per heavy atom. The van der Waals surface area contributed by atoms with Crippen LogP contribution in [-0.2, 0) is 0 Å². The zero-order valence-electron chi connectivity index (χ0n) is 14.2. The second kappa shape index (κ2) is 7.72. The molecule has 3 aromatic rings. The maximum absolute atomic E-state index is 11.4. The lowest BCUT2D eigenvalue weighted by Crippen LogP contribution is -2.03. The van der Waals surface area contributed by atoms with Crippen molar-refractivity contribution in [2.45, 2.75) is 13.8 Å². The highest BCUT2D eigenvalue weighted by Crippen LogP contribution is 2.28. The van der Waals surface area contributed by atoms with Gasteiger partial charge in [0.15, 0.2) is 5.78 Å². The van der Waals surface area contributed by atoms with Gasteiger partial charge >= 0.3 is 0 Å². The number of anilines is 4. The van der Waals surface area contributed by atoms with Crippen LogP contribution in [0.15, 0.2) is 48.5 Å². The van der Waals surface area contributed by atoms with Gasteiger partial charge in [-0.1, -0.05) is 23.2 Å². The van der Waals surface area contributed by atoms with E-state index in [0.29, 0.717) is 33.1 Å². The molecule has 0 bridgehead atoms. The molecule has 0 aliphatic rings. The number of rotatable bonds is 5. The molecule has 0 fully saturated rings. The summed E-state index contributed by atoms with van der Waals surface area (Å²) in [5.41, 5.74) is 2.93. The van der Waals surface area contributed by atoms with Crippen LogP contribution in [0.25, 0.3) is 0 Å². The van der Waals surface area contributed by atoms with E-state index in [-0.39, 0.29) is 5.78 Å². The zero-order valence-corrected chi connectivity index (χ0v) is 15.7. The summed E-state index contributed by atoms with van der Waals surface area (Å²) in [6.07, 6.45) is 0.